The molecule has 0 aliphatic heterocycles. The fourth-order valence-corrected chi connectivity index (χ4v) is 1.74. The Bertz CT molecular complexity index is 547. The molecule has 1 amide bonds. The Hall–Kier alpha value is -2.30. The highest BCUT2D eigenvalue weighted by molar-refractivity contribution is 5.93. The molecule has 0 spiro atoms. The third-order valence-corrected chi connectivity index (χ3v) is 2.75. The topological polar surface area (TPSA) is 72.9 Å². The quantitative estimate of drug-likeness (QED) is 0.829. The molecule has 3 N–H and O–H groups in total. The van der Waals surface area contributed by atoms with Crippen LogP contribution in [0, 0.1) is 0 Å². The number of benzene rings is 1. The number of aromatic nitrogens is 2. The largest absolute Gasteiger partial charge is 0.385 e. The lowest BCUT2D eigenvalue weighted by Gasteiger charge is -2.07. The summed E-state index contributed by atoms with van der Waals surface area (Å²) >= 11 is 0. The molecule has 0 unspecified atom stereocenters. The number of nitrogens with one attached hydrogen (secondary N) is 1. The van der Waals surface area contributed by atoms with Gasteiger partial charge in [-0.05, 0) is 18.2 Å². The Labute approximate surface area is 106 Å². The maximum atomic E-state index is 11.0. The van der Waals surface area contributed by atoms with E-state index in [0.29, 0.717) is 5.56 Å². The van der Waals surface area contributed by atoms with Gasteiger partial charge in [0.2, 0.25) is 5.91 Å². The number of imidazole rings is 1. The van der Waals surface area contributed by atoms with Crippen LogP contribution in [0.3, 0.4) is 0 Å². The minimum Gasteiger partial charge on any atom is -0.385 e. The van der Waals surface area contributed by atoms with Gasteiger partial charge in [-0.15, -0.1) is 0 Å². The average Bonchev–Trinajstić information content (AvgIpc) is 2.76. The van der Waals surface area contributed by atoms with Gasteiger partial charge in [0.05, 0.1) is 0 Å². The summed E-state index contributed by atoms with van der Waals surface area (Å²) in [5, 5.41) is 3.24. The molecular weight excluding hydrogens is 228 g/mol. The molecule has 0 aliphatic carbocycles. The molecular formula is C13H16N4O. The second-order valence-corrected chi connectivity index (χ2v) is 4.08. The van der Waals surface area contributed by atoms with E-state index in [9.17, 15) is 4.79 Å². The van der Waals surface area contributed by atoms with Crippen LogP contribution in [0.25, 0.3) is 0 Å². The van der Waals surface area contributed by atoms with Gasteiger partial charge < -0.3 is 15.6 Å². The summed E-state index contributed by atoms with van der Waals surface area (Å²) in [7, 11) is 1.97. The predicted molar refractivity (Wildman–Crippen MR) is 70.4 cm³/mol. The maximum absolute atomic E-state index is 11.0. The molecule has 5 nitrogen and oxygen atoms in total. The van der Waals surface area contributed by atoms with Crippen molar-refractivity contribution >= 4 is 11.6 Å². The summed E-state index contributed by atoms with van der Waals surface area (Å²) in [6, 6.07) is 7.17. The van der Waals surface area contributed by atoms with E-state index in [1.54, 1.807) is 18.3 Å². The van der Waals surface area contributed by atoms with Crippen LogP contribution < -0.4 is 11.1 Å². The Morgan fingerprint density at radius 1 is 1.50 bits per heavy atom. The van der Waals surface area contributed by atoms with E-state index in [1.807, 2.05) is 29.9 Å². The van der Waals surface area contributed by atoms with Crippen molar-refractivity contribution in [3.8, 4) is 0 Å². The minimum absolute atomic E-state index is 0.414. The van der Waals surface area contributed by atoms with Crippen molar-refractivity contribution < 1.29 is 4.79 Å². The minimum atomic E-state index is -0.414. The Balaban J connectivity index is 1.92. The molecule has 1 aromatic carbocycles. The molecule has 94 valence electrons. The average molecular weight is 244 g/mol. The summed E-state index contributed by atoms with van der Waals surface area (Å²) in [5.74, 6) is 0.608. The molecule has 0 saturated carbocycles. The smallest absolute Gasteiger partial charge is 0.248 e. The van der Waals surface area contributed by atoms with E-state index in [2.05, 4.69) is 10.3 Å². The first-order valence-electron chi connectivity index (χ1n) is 5.77. The third-order valence-electron chi connectivity index (χ3n) is 2.75. The molecule has 0 aliphatic rings. The van der Waals surface area contributed by atoms with Gasteiger partial charge in [-0.1, -0.05) is 6.07 Å². The summed E-state index contributed by atoms with van der Waals surface area (Å²) in [6.45, 7) is 0.757. The molecule has 5 heteroatoms. The lowest BCUT2D eigenvalue weighted by molar-refractivity contribution is 0.100. The molecule has 2 rings (SSSR count). The second-order valence-electron chi connectivity index (χ2n) is 4.08. The normalized spacial score (nSPS) is 10.3. The van der Waals surface area contributed by atoms with Crippen molar-refractivity contribution in [1.29, 1.82) is 0 Å². The van der Waals surface area contributed by atoms with Crippen LogP contribution >= 0.6 is 0 Å². The fourth-order valence-electron chi connectivity index (χ4n) is 1.74. The number of hydrogen-bond acceptors (Lipinski definition) is 3. The summed E-state index contributed by atoms with van der Waals surface area (Å²) in [5.41, 5.74) is 6.63. The van der Waals surface area contributed by atoms with E-state index < -0.39 is 5.91 Å². The van der Waals surface area contributed by atoms with Crippen molar-refractivity contribution in [1.82, 2.24) is 9.55 Å². The first-order valence-corrected chi connectivity index (χ1v) is 5.77. The van der Waals surface area contributed by atoms with Crippen molar-refractivity contribution in [3.05, 3.63) is 48.0 Å². The van der Waals surface area contributed by atoms with Crippen LogP contribution in [0.5, 0.6) is 0 Å². The van der Waals surface area contributed by atoms with Gasteiger partial charge in [-0.25, -0.2) is 4.98 Å². The molecule has 1 aromatic heterocycles. The lowest BCUT2D eigenvalue weighted by atomic mass is 10.2. The van der Waals surface area contributed by atoms with E-state index in [0.717, 1.165) is 24.5 Å². The molecule has 0 bridgehead atoms. The monoisotopic (exact) mass is 244 g/mol. The van der Waals surface area contributed by atoms with Crippen LogP contribution in [0.4, 0.5) is 5.69 Å². The number of nitrogens with zero attached hydrogens (tertiary/aromatic N) is 2. The Kier molecular flexibility index (Phi) is 3.62. The van der Waals surface area contributed by atoms with Gasteiger partial charge >= 0.3 is 0 Å². The highest BCUT2D eigenvalue weighted by Gasteiger charge is 2.02. The summed E-state index contributed by atoms with van der Waals surface area (Å²) in [6.07, 6.45) is 4.52. The zero-order valence-corrected chi connectivity index (χ0v) is 10.3. The number of carbonyl (C=O) groups excluding carboxylic acids is 1. The number of aryl methyl sites for hydroxylation is 1. The molecule has 18 heavy (non-hydrogen) atoms. The van der Waals surface area contributed by atoms with Crippen LogP contribution in [-0.2, 0) is 13.5 Å². The second kappa shape index (κ2) is 5.35. The Morgan fingerprint density at radius 3 is 3.00 bits per heavy atom. The third kappa shape index (κ3) is 2.88. The van der Waals surface area contributed by atoms with E-state index in [1.165, 1.54) is 0 Å². The molecule has 0 radical (unpaired) electrons. The van der Waals surface area contributed by atoms with Crippen LogP contribution in [0.15, 0.2) is 36.7 Å². The first-order chi connectivity index (χ1) is 8.66. The van der Waals surface area contributed by atoms with Crippen molar-refractivity contribution in [3.63, 3.8) is 0 Å². The Morgan fingerprint density at radius 2 is 2.33 bits per heavy atom. The van der Waals surface area contributed by atoms with Gasteiger partial charge in [-0.3, -0.25) is 4.79 Å². The van der Waals surface area contributed by atoms with E-state index in [-0.39, 0.29) is 0 Å². The molecule has 1 heterocycles. The number of hydrogen-bond donors (Lipinski definition) is 2. The lowest BCUT2D eigenvalue weighted by Crippen LogP contribution is -2.12. The van der Waals surface area contributed by atoms with Crippen LogP contribution in [-0.4, -0.2) is 22.0 Å². The molecule has 0 atom stereocenters. The van der Waals surface area contributed by atoms with Crippen molar-refractivity contribution in [2.24, 2.45) is 12.8 Å². The molecule has 2 aromatic rings. The summed E-state index contributed by atoms with van der Waals surface area (Å²) in [4.78, 5) is 15.3. The zero-order valence-electron chi connectivity index (χ0n) is 10.3. The van der Waals surface area contributed by atoms with Crippen LogP contribution in [0.2, 0.25) is 0 Å². The van der Waals surface area contributed by atoms with Gasteiger partial charge in [0.25, 0.3) is 0 Å². The van der Waals surface area contributed by atoms with Gasteiger partial charge in [0.15, 0.2) is 0 Å². The molecule has 0 fully saturated rings. The number of primary amides is 1. The van der Waals surface area contributed by atoms with E-state index >= 15 is 0 Å². The number of amides is 1. The standard InChI is InChI=1S/C13H16N4O/c1-17-8-7-16-12(17)5-6-15-11-4-2-3-10(9-11)13(14)18/h2-4,7-9,15H,5-6H2,1H3,(H2,14,18). The maximum Gasteiger partial charge on any atom is 0.248 e. The SMILES string of the molecule is Cn1ccnc1CCNc1cccc(C(N)=O)c1. The number of nitrogens with two attached hydrogens (primary N) is 1. The number of anilines is 1. The van der Waals surface area contributed by atoms with Gasteiger partial charge in [-0.2, -0.15) is 0 Å². The highest BCUT2D eigenvalue weighted by atomic mass is 16.1. The van der Waals surface area contributed by atoms with Gasteiger partial charge in [0.1, 0.15) is 5.82 Å². The zero-order chi connectivity index (χ0) is 13.0. The van der Waals surface area contributed by atoms with Crippen molar-refractivity contribution in [2.45, 2.75) is 6.42 Å². The van der Waals surface area contributed by atoms with E-state index in [4.69, 9.17) is 5.73 Å². The van der Waals surface area contributed by atoms with Gasteiger partial charge in [0, 0.05) is 43.7 Å². The molecule has 0 saturated heterocycles. The number of carbonyl (C=O) groups is 1. The van der Waals surface area contributed by atoms with Crippen LogP contribution in [0.1, 0.15) is 16.2 Å². The fraction of sp³-hybridized carbons (Fsp3) is 0.231. The highest BCUT2D eigenvalue weighted by Crippen LogP contribution is 2.10. The van der Waals surface area contributed by atoms with Crippen molar-refractivity contribution in [2.75, 3.05) is 11.9 Å². The first kappa shape index (κ1) is 12.2. The summed E-state index contributed by atoms with van der Waals surface area (Å²) < 4.78 is 1.99. The predicted octanol–water partition coefficient (Wildman–Crippen LogP) is 1.17. The number of rotatable bonds is 5.